The van der Waals surface area contributed by atoms with Gasteiger partial charge in [-0.25, -0.2) is 4.63 Å². The molecule has 3 aromatic rings. The van der Waals surface area contributed by atoms with Gasteiger partial charge in [0, 0.05) is 10.6 Å². The number of hydrogen-bond donors (Lipinski definition) is 2. The predicted octanol–water partition coefficient (Wildman–Crippen LogP) is 3.94. The van der Waals surface area contributed by atoms with Gasteiger partial charge in [-0.2, -0.15) is 5.10 Å². The Kier molecular flexibility index (Phi) is 6.99. The molecule has 0 aliphatic carbocycles. The first-order valence-corrected chi connectivity index (χ1v) is 9.41. The molecular formula is C18H15Cl3N6O3. The van der Waals surface area contributed by atoms with Gasteiger partial charge in [0.25, 0.3) is 0 Å². The number of nitrogens with zero attached hydrogens (tertiary/aromatic N) is 4. The monoisotopic (exact) mass is 468 g/mol. The second-order valence-electron chi connectivity index (χ2n) is 5.79. The summed E-state index contributed by atoms with van der Waals surface area (Å²) in [7, 11) is 1.55. The highest BCUT2D eigenvalue weighted by Crippen LogP contribution is 2.36. The number of rotatable bonds is 7. The fourth-order valence-electron chi connectivity index (χ4n) is 2.39. The Morgan fingerprint density at radius 1 is 1.17 bits per heavy atom. The lowest BCUT2D eigenvalue weighted by Crippen LogP contribution is -2.15. The molecule has 0 fully saturated rings. The van der Waals surface area contributed by atoms with Crippen molar-refractivity contribution in [1.82, 2.24) is 10.3 Å². The van der Waals surface area contributed by atoms with Gasteiger partial charge in [-0.15, -0.1) is 5.10 Å². The van der Waals surface area contributed by atoms with E-state index in [4.69, 9.17) is 55.7 Å². The molecule has 0 aliphatic rings. The average molecular weight is 470 g/mol. The predicted molar refractivity (Wildman–Crippen MR) is 116 cm³/mol. The lowest BCUT2D eigenvalue weighted by atomic mass is 10.1. The highest BCUT2D eigenvalue weighted by molar-refractivity contribution is 6.40. The van der Waals surface area contributed by atoms with Gasteiger partial charge in [-0.3, -0.25) is 0 Å². The van der Waals surface area contributed by atoms with Crippen LogP contribution in [0.2, 0.25) is 15.1 Å². The fraction of sp³-hybridized carbons (Fsp3) is 0.111. The number of methoxy groups -OCH3 is 1. The molecule has 0 saturated heterocycles. The summed E-state index contributed by atoms with van der Waals surface area (Å²) in [4.78, 5) is 0. The maximum absolute atomic E-state index is 6.16. The van der Waals surface area contributed by atoms with Gasteiger partial charge in [0.05, 0.1) is 23.4 Å². The molecule has 0 radical (unpaired) electrons. The first-order valence-electron chi connectivity index (χ1n) is 8.28. The van der Waals surface area contributed by atoms with Crippen molar-refractivity contribution < 1.29 is 14.1 Å². The highest BCUT2D eigenvalue weighted by atomic mass is 35.5. The van der Waals surface area contributed by atoms with Crippen LogP contribution in [-0.4, -0.2) is 29.5 Å². The van der Waals surface area contributed by atoms with Crippen LogP contribution in [-0.2, 0) is 6.61 Å². The number of nitrogen functional groups attached to an aromatic ring is 1. The Balaban J connectivity index is 1.78. The summed E-state index contributed by atoms with van der Waals surface area (Å²) in [5.41, 5.74) is 12.9. The molecule has 0 saturated carbocycles. The lowest BCUT2D eigenvalue weighted by molar-refractivity contribution is 0.297. The van der Waals surface area contributed by atoms with Crippen molar-refractivity contribution in [3.8, 4) is 11.5 Å². The van der Waals surface area contributed by atoms with Crippen LogP contribution < -0.4 is 20.9 Å². The smallest absolute Gasteiger partial charge is 0.199 e. The first kappa shape index (κ1) is 21.7. The SMILES string of the molecule is COc1ccc(C=N/N=C(\N)c2nonc2N)cc1COc1c(Cl)cc(Cl)cc1Cl. The molecule has 0 atom stereocenters. The molecule has 12 heteroatoms. The average Bonchev–Trinajstić information content (AvgIpc) is 3.13. The molecule has 0 amide bonds. The number of amidine groups is 1. The number of halogens is 3. The Morgan fingerprint density at radius 2 is 1.90 bits per heavy atom. The molecule has 4 N–H and O–H groups in total. The molecule has 0 spiro atoms. The number of hydrogen-bond acceptors (Lipinski definition) is 8. The van der Waals surface area contributed by atoms with Gasteiger partial charge in [-0.05, 0) is 46.2 Å². The number of ether oxygens (including phenoxy) is 2. The molecule has 0 unspecified atom stereocenters. The quantitative estimate of drug-likeness (QED) is 0.304. The summed E-state index contributed by atoms with van der Waals surface area (Å²) in [6.07, 6.45) is 1.49. The van der Waals surface area contributed by atoms with Crippen molar-refractivity contribution in [3.63, 3.8) is 0 Å². The normalized spacial score (nSPS) is 11.8. The van der Waals surface area contributed by atoms with E-state index >= 15 is 0 Å². The molecule has 3 rings (SSSR count). The van der Waals surface area contributed by atoms with Crippen LogP contribution in [0.5, 0.6) is 11.5 Å². The van der Waals surface area contributed by atoms with Crippen molar-refractivity contribution in [3.05, 3.63) is 62.2 Å². The van der Waals surface area contributed by atoms with Crippen LogP contribution >= 0.6 is 34.8 Å². The van der Waals surface area contributed by atoms with E-state index < -0.39 is 0 Å². The largest absolute Gasteiger partial charge is 0.496 e. The molecule has 9 nitrogen and oxygen atoms in total. The molecule has 156 valence electrons. The van der Waals surface area contributed by atoms with Crippen LogP contribution in [0, 0.1) is 0 Å². The summed E-state index contributed by atoms with van der Waals surface area (Å²) in [6, 6.07) is 8.44. The zero-order valence-electron chi connectivity index (χ0n) is 15.5. The molecular weight excluding hydrogens is 455 g/mol. The van der Waals surface area contributed by atoms with E-state index in [9.17, 15) is 0 Å². The molecule has 1 aromatic heterocycles. The third-order valence-corrected chi connectivity index (χ3v) is 4.55. The van der Waals surface area contributed by atoms with Gasteiger partial charge in [0.2, 0.25) is 0 Å². The summed E-state index contributed by atoms with van der Waals surface area (Å²) >= 11 is 18.2. The zero-order valence-corrected chi connectivity index (χ0v) is 17.7. The van der Waals surface area contributed by atoms with Crippen molar-refractivity contribution in [2.24, 2.45) is 15.9 Å². The Labute approximate surface area is 186 Å². The van der Waals surface area contributed by atoms with Crippen molar-refractivity contribution in [2.75, 3.05) is 12.8 Å². The maximum Gasteiger partial charge on any atom is 0.199 e. The number of nitrogens with two attached hydrogens (primary N) is 2. The van der Waals surface area contributed by atoms with Gasteiger partial charge in [0.15, 0.2) is 23.1 Å². The summed E-state index contributed by atoms with van der Waals surface area (Å²) in [5, 5.41) is 15.7. The van der Waals surface area contributed by atoms with Gasteiger partial charge >= 0.3 is 0 Å². The molecule has 0 aliphatic heterocycles. The van der Waals surface area contributed by atoms with E-state index in [2.05, 4.69) is 25.1 Å². The van der Waals surface area contributed by atoms with E-state index in [0.717, 1.165) is 5.56 Å². The van der Waals surface area contributed by atoms with Crippen LogP contribution in [0.3, 0.4) is 0 Å². The van der Waals surface area contributed by atoms with E-state index in [0.29, 0.717) is 32.1 Å². The lowest BCUT2D eigenvalue weighted by Gasteiger charge is -2.13. The van der Waals surface area contributed by atoms with Gasteiger partial charge in [-0.1, -0.05) is 34.8 Å². The number of benzene rings is 2. The fourth-order valence-corrected chi connectivity index (χ4v) is 3.31. The topological polar surface area (TPSA) is 134 Å². The summed E-state index contributed by atoms with van der Waals surface area (Å²) < 4.78 is 15.6. The standard InChI is InChI=1S/C18H15Cl3N6O3/c1-28-14-3-2-9(7-24-25-17(22)15-18(23)27-30-26-15)4-10(14)8-29-16-12(20)5-11(19)6-13(16)21/h2-7H,8H2,1H3,(H2,22,25)(H2,23,27). The second-order valence-corrected chi connectivity index (χ2v) is 7.04. The summed E-state index contributed by atoms with van der Waals surface area (Å²) in [6.45, 7) is 0.137. The van der Waals surface area contributed by atoms with Crippen LogP contribution in [0.15, 0.2) is 45.2 Å². The Bertz CT molecular complexity index is 1090. The minimum absolute atomic E-state index is 0.0230. The summed E-state index contributed by atoms with van der Waals surface area (Å²) in [5.74, 6) is 0.918. The van der Waals surface area contributed by atoms with Gasteiger partial charge < -0.3 is 20.9 Å². The molecule has 30 heavy (non-hydrogen) atoms. The van der Waals surface area contributed by atoms with Crippen LogP contribution in [0.25, 0.3) is 0 Å². The number of aromatic nitrogens is 2. The molecule has 1 heterocycles. The molecule has 0 bridgehead atoms. The van der Waals surface area contributed by atoms with E-state index in [1.165, 1.54) is 6.21 Å². The van der Waals surface area contributed by atoms with Crippen LogP contribution in [0.1, 0.15) is 16.8 Å². The first-order chi connectivity index (χ1) is 14.4. The second kappa shape index (κ2) is 9.66. The van der Waals surface area contributed by atoms with Crippen molar-refractivity contribution in [1.29, 1.82) is 0 Å². The third kappa shape index (κ3) is 5.12. The Hall–Kier alpha value is -3.01. The van der Waals surface area contributed by atoms with Crippen molar-refractivity contribution >= 4 is 52.7 Å². The van der Waals surface area contributed by atoms with E-state index in [1.807, 2.05) is 0 Å². The molecule has 2 aromatic carbocycles. The minimum atomic E-state index is -0.0332. The van der Waals surface area contributed by atoms with Crippen LogP contribution in [0.4, 0.5) is 5.82 Å². The Morgan fingerprint density at radius 3 is 2.53 bits per heavy atom. The van der Waals surface area contributed by atoms with Crippen molar-refractivity contribution in [2.45, 2.75) is 6.61 Å². The van der Waals surface area contributed by atoms with Gasteiger partial charge in [0.1, 0.15) is 12.4 Å². The number of anilines is 1. The highest BCUT2D eigenvalue weighted by Gasteiger charge is 2.12. The van der Waals surface area contributed by atoms with E-state index in [-0.39, 0.29) is 24.0 Å². The maximum atomic E-state index is 6.16. The third-order valence-electron chi connectivity index (χ3n) is 3.77. The zero-order chi connectivity index (χ0) is 21.7. The van der Waals surface area contributed by atoms with E-state index in [1.54, 1.807) is 37.4 Å². The minimum Gasteiger partial charge on any atom is -0.496 e.